The van der Waals surface area contributed by atoms with Crippen molar-refractivity contribution in [1.29, 1.82) is 5.26 Å². The Hall–Kier alpha value is -5.21. The summed E-state index contributed by atoms with van der Waals surface area (Å²) in [6.07, 6.45) is 1.54. The van der Waals surface area contributed by atoms with E-state index in [1.165, 1.54) is 30.3 Å². The molecule has 1 N–H and O–H groups in total. The Kier molecular flexibility index (Phi) is 8.00. The van der Waals surface area contributed by atoms with Gasteiger partial charge in [-0.3, -0.25) is 0 Å². The standard InChI is InChI=1S/C33H25F3N4O4/c34-25-11-19(16-37)6-7-21(25)17-44-32-5-1-4-28(39-32)24-15-26(35)22(12-27(24)36)14-31-38-29-9-8-20(33(41)42)13-30(29)40(31)23-3-2-10-43-18-23/h1,4-9,11-13,15,23H,2-3,10,14,17-18H2,(H,41,42). The van der Waals surface area contributed by atoms with E-state index in [0.717, 1.165) is 31.0 Å². The van der Waals surface area contributed by atoms with Crippen molar-refractivity contribution in [2.45, 2.75) is 31.9 Å². The van der Waals surface area contributed by atoms with Crippen LogP contribution in [0, 0.1) is 28.8 Å². The third-order valence-electron chi connectivity index (χ3n) is 7.55. The number of nitrogens with zero attached hydrogens (tertiary/aromatic N) is 4. The number of aromatic carboxylic acids is 1. The molecule has 1 aliphatic rings. The molecule has 2 aromatic heterocycles. The largest absolute Gasteiger partial charge is 0.478 e. The maximum Gasteiger partial charge on any atom is 0.335 e. The van der Waals surface area contributed by atoms with Crippen molar-refractivity contribution in [1.82, 2.24) is 14.5 Å². The lowest BCUT2D eigenvalue weighted by Gasteiger charge is -2.26. The molecule has 0 saturated carbocycles. The molecule has 8 nitrogen and oxygen atoms in total. The molecule has 5 aromatic rings. The van der Waals surface area contributed by atoms with Crippen molar-refractivity contribution < 1.29 is 32.5 Å². The lowest BCUT2D eigenvalue weighted by molar-refractivity contribution is 0.0596. The Balaban J connectivity index is 1.28. The fourth-order valence-corrected chi connectivity index (χ4v) is 5.36. The molecule has 0 aliphatic carbocycles. The molecule has 3 heterocycles. The van der Waals surface area contributed by atoms with Gasteiger partial charge in [-0.05, 0) is 66.9 Å². The van der Waals surface area contributed by atoms with E-state index in [9.17, 15) is 14.3 Å². The van der Waals surface area contributed by atoms with E-state index in [1.54, 1.807) is 18.2 Å². The zero-order chi connectivity index (χ0) is 30.8. The maximum absolute atomic E-state index is 15.5. The number of imidazole rings is 1. The van der Waals surface area contributed by atoms with E-state index >= 15 is 8.78 Å². The summed E-state index contributed by atoms with van der Waals surface area (Å²) < 4.78 is 58.4. The summed E-state index contributed by atoms with van der Waals surface area (Å²) in [6, 6.07) is 17.1. The zero-order valence-corrected chi connectivity index (χ0v) is 23.3. The number of hydrogen-bond acceptors (Lipinski definition) is 6. The van der Waals surface area contributed by atoms with Gasteiger partial charge in [0.2, 0.25) is 5.88 Å². The minimum atomic E-state index is -1.07. The Morgan fingerprint density at radius 3 is 2.61 bits per heavy atom. The molecule has 1 saturated heterocycles. The summed E-state index contributed by atoms with van der Waals surface area (Å²) in [4.78, 5) is 20.6. The van der Waals surface area contributed by atoms with E-state index in [4.69, 9.17) is 14.7 Å². The minimum absolute atomic E-state index is 0.0383. The Bertz CT molecular complexity index is 1930. The molecule has 6 rings (SSSR count). The molecule has 1 atom stereocenters. The molecular weight excluding hydrogens is 573 g/mol. The SMILES string of the molecule is N#Cc1ccc(COc2cccc(-c3cc(F)c(Cc4nc5ccc(C(=O)O)cc5n4C4CCCOC4)cc3F)n2)c(F)c1. The highest BCUT2D eigenvalue weighted by molar-refractivity contribution is 5.92. The van der Waals surface area contributed by atoms with Crippen LogP contribution in [0.15, 0.2) is 66.7 Å². The van der Waals surface area contributed by atoms with Gasteiger partial charge in [0, 0.05) is 30.2 Å². The van der Waals surface area contributed by atoms with Gasteiger partial charge in [0.25, 0.3) is 0 Å². The second-order valence-corrected chi connectivity index (χ2v) is 10.4. The molecule has 11 heteroatoms. The fraction of sp³-hybridized carbons (Fsp3) is 0.212. The van der Waals surface area contributed by atoms with E-state index < -0.39 is 23.4 Å². The van der Waals surface area contributed by atoms with Crippen LogP contribution in [-0.2, 0) is 17.8 Å². The molecule has 0 amide bonds. The molecule has 44 heavy (non-hydrogen) atoms. The maximum atomic E-state index is 15.5. The second kappa shape index (κ2) is 12.2. The van der Waals surface area contributed by atoms with Crippen LogP contribution in [0.3, 0.4) is 0 Å². The van der Waals surface area contributed by atoms with Crippen LogP contribution < -0.4 is 4.74 Å². The van der Waals surface area contributed by atoms with Gasteiger partial charge in [0.05, 0.1) is 46.6 Å². The summed E-state index contributed by atoms with van der Waals surface area (Å²) in [5.74, 6) is -2.50. The monoisotopic (exact) mass is 598 g/mol. The third-order valence-corrected chi connectivity index (χ3v) is 7.55. The molecule has 0 spiro atoms. The van der Waals surface area contributed by atoms with Crippen molar-refractivity contribution in [2.75, 3.05) is 13.2 Å². The highest BCUT2D eigenvalue weighted by Crippen LogP contribution is 2.31. The van der Waals surface area contributed by atoms with Crippen molar-refractivity contribution >= 4 is 17.0 Å². The summed E-state index contributed by atoms with van der Waals surface area (Å²) in [7, 11) is 0. The number of fused-ring (bicyclic) bond motifs is 1. The predicted octanol–water partition coefficient (Wildman–Crippen LogP) is 6.61. The molecule has 3 aromatic carbocycles. The summed E-state index contributed by atoms with van der Waals surface area (Å²) in [6.45, 7) is 0.838. The first kappa shape index (κ1) is 28.9. The van der Waals surface area contributed by atoms with Crippen LogP contribution in [0.2, 0.25) is 0 Å². The molecular formula is C33H25F3N4O4. The lowest BCUT2D eigenvalue weighted by atomic mass is 10.0. The number of rotatable bonds is 8. The van der Waals surface area contributed by atoms with Gasteiger partial charge in [-0.1, -0.05) is 12.1 Å². The van der Waals surface area contributed by atoms with Crippen molar-refractivity contribution in [2.24, 2.45) is 0 Å². The number of pyridine rings is 1. The number of benzene rings is 3. The fourth-order valence-electron chi connectivity index (χ4n) is 5.36. The van der Waals surface area contributed by atoms with Crippen LogP contribution in [-0.4, -0.2) is 38.8 Å². The zero-order valence-electron chi connectivity index (χ0n) is 23.3. The quantitative estimate of drug-likeness (QED) is 0.214. The molecule has 1 fully saturated rings. The van der Waals surface area contributed by atoms with Gasteiger partial charge in [-0.2, -0.15) is 5.26 Å². The number of nitriles is 1. The van der Waals surface area contributed by atoms with Crippen molar-refractivity contribution in [3.63, 3.8) is 0 Å². The lowest BCUT2D eigenvalue weighted by Crippen LogP contribution is -2.23. The normalized spacial score (nSPS) is 14.8. The Morgan fingerprint density at radius 1 is 1.02 bits per heavy atom. The van der Waals surface area contributed by atoms with Gasteiger partial charge in [-0.15, -0.1) is 0 Å². The topological polar surface area (TPSA) is 110 Å². The first-order valence-electron chi connectivity index (χ1n) is 13.9. The molecule has 0 radical (unpaired) electrons. The van der Waals surface area contributed by atoms with Crippen LogP contribution in [0.25, 0.3) is 22.3 Å². The minimum Gasteiger partial charge on any atom is -0.478 e. The molecule has 222 valence electrons. The van der Waals surface area contributed by atoms with Gasteiger partial charge in [0.1, 0.15) is 29.9 Å². The van der Waals surface area contributed by atoms with Crippen molar-refractivity contribution in [3.8, 4) is 23.2 Å². The van der Waals surface area contributed by atoms with Crippen LogP contribution in [0.1, 0.15) is 51.8 Å². The number of carbonyl (C=O) groups is 1. The van der Waals surface area contributed by atoms with Gasteiger partial charge in [0.15, 0.2) is 0 Å². The van der Waals surface area contributed by atoms with E-state index in [1.807, 2.05) is 10.6 Å². The van der Waals surface area contributed by atoms with Gasteiger partial charge >= 0.3 is 5.97 Å². The number of carboxylic acids is 1. The summed E-state index contributed by atoms with van der Waals surface area (Å²) in [5, 5.41) is 18.4. The number of aromatic nitrogens is 3. The van der Waals surface area contributed by atoms with Gasteiger partial charge in [-0.25, -0.2) is 27.9 Å². The highest BCUT2D eigenvalue weighted by Gasteiger charge is 2.24. The molecule has 1 aliphatic heterocycles. The molecule has 1 unspecified atom stereocenters. The number of ether oxygens (including phenoxy) is 2. The van der Waals surface area contributed by atoms with Crippen LogP contribution in [0.4, 0.5) is 13.2 Å². The highest BCUT2D eigenvalue weighted by atomic mass is 19.1. The van der Waals surface area contributed by atoms with Crippen LogP contribution >= 0.6 is 0 Å². The average molecular weight is 599 g/mol. The van der Waals surface area contributed by atoms with Gasteiger partial charge < -0.3 is 19.1 Å². The summed E-state index contributed by atoms with van der Waals surface area (Å²) >= 11 is 0. The molecule has 0 bridgehead atoms. The smallest absolute Gasteiger partial charge is 0.335 e. The predicted molar refractivity (Wildman–Crippen MR) is 154 cm³/mol. The Labute approximate surface area is 249 Å². The van der Waals surface area contributed by atoms with E-state index in [-0.39, 0.29) is 58.5 Å². The van der Waals surface area contributed by atoms with E-state index in [2.05, 4.69) is 9.97 Å². The number of halogens is 3. The first-order valence-corrected chi connectivity index (χ1v) is 13.9. The number of hydrogen-bond donors (Lipinski definition) is 1. The second-order valence-electron chi connectivity index (χ2n) is 10.4. The first-order chi connectivity index (χ1) is 21.3. The average Bonchev–Trinajstić information content (AvgIpc) is 3.39. The van der Waals surface area contributed by atoms with Crippen molar-refractivity contribution in [3.05, 3.63) is 112 Å². The van der Waals surface area contributed by atoms with Crippen LogP contribution in [0.5, 0.6) is 5.88 Å². The number of carboxylic acid groups (broad SMARTS) is 1. The summed E-state index contributed by atoms with van der Waals surface area (Å²) in [5.41, 5.74) is 1.75. The third kappa shape index (κ3) is 5.85. The Morgan fingerprint density at radius 2 is 1.86 bits per heavy atom. The van der Waals surface area contributed by atoms with E-state index in [0.29, 0.717) is 30.1 Å².